The van der Waals surface area contributed by atoms with E-state index in [0.717, 1.165) is 67.9 Å². The standard InChI is InChI=1S/C21H32ClN5/c1-2-23-21(24-15-17-9-10-27(16-17)18-7-8-18)26-13-11-25(12-14-26)20-6-4-3-5-19(20)22/h3-6,17-18H,2,7-16H2,1H3,(H,23,24). The van der Waals surface area contributed by atoms with Gasteiger partial charge in [0.15, 0.2) is 5.96 Å². The first-order chi connectivity index (χ1) is 13.2. The molecule has 1 unspecified atom stereocenters. The first-order valence-corrected chi connectivity index (χ1v) is 10.9. The van der Waals surface area contributed by atoms with Crippen LogP contribution in [0.5, 0.6) is 0 Å². The third-order valence-electron chi connectivity index (χ3n) is 5.99. The maximum atomic E-state index is 6.37. The number of benzene rings is 1. The Hall–Kier alpha value is -1.46. The van der Waals surface area contributed by atoms with E-state index < -0.39 is 0 Å². The number of nitrogens with one attached hydrogen (secondary N) is 1. The number of hydrogen-bond acceptors (Lipinski definition) is 3. The first-order valence-electron chi connectivity index (χ1n) is 10.5. The van der Waals surface area contributed by atoms with Crippen LogP contribution < -0.4 is 10.2 Å². The van der Waals surface area contributed by atoms with E-state index in [-0.39, 0.29) is 0 Å². The summed E-state index contributed by atoms with van der Waals surface area (Å²) in [6.45, 7) is 10.5. The SMILES string of the molecule is CCNC(=NCC1CCN(C2CC2)C1)N1CCN(c2ccccc2Cl)CC1. The molecular formula is C21H32ClN5. The van der Waals surface area contributed by atoms with Crippen LogP contribution in [0.15, 0.2) is 29.3 Å². The number of likely N-dealkylation sites (tertiary alicyclic amines) is 1. The summed E-state index contributed by atoms with van der Waals surface area (Å²) in [5.74, 6) is 1.81. The third-order valence-corrected chi connectivity index (χ3v) is 6.31. The number of aliphatic imine (C=N–C) groups is 1. The molecule has 1 aromatic rings. The molecular weight excluding hydrogens is 358 g/mol. The van der Waals surface area contributed by atoms with Crippen molar-refractivity contribution >= 4 is 23.2 Å². The Morgan fingerprint density at radius 2 is 1.89 bits per heavy atom. The first kappa shape index (κ1) is 18.9. The summed E-state index contributed by atoms with van der Waals surface area (Å²) in [7, 11) is 0. The van der Waals surface area contributed by atoms with Gasteiger partial charge >= 0.3 is 0 Å². The minimum Gasteiger partial charge on any atom is -0.367 e. The van der Waals surface area contributed by atoms with Crippen molar-refractivity contribution in [1.82, 2.24) is 15.1 Å². The number of para-hydroxylation sites is 1. The van der Waals surface area contributed by atoms with Crippen LogP contribution in [0.1, 0.15) is 26.2 Å². The van der Waals surface area contributed by atoms with Gasteiger partial charge in [-0.15, -0.1) is 0 Å². The fourth-order valence-electron chi connectivity index (χ4n) is 4.29. The van der Waals surface area contributed by atoms with Crippen molar-refractivity contribution in [2.45, 2.75) is 32.2 Å². The van der Waals surface area contributed by atoms with Gasteiger partial charge in [-0.1, -0.05) is 23.7 Å². The maximum Gasteiger partial charge on any atom is 0.194 e. The molecule has 1 atom stereocenters. The summed E-state index contributed by atoms with van der Waals surface area (Å²) >= 11 is 6.37. The molecule has 5 nitrogen and oxygen atoms in total. The van der Waals surface area contributed by atoms with Crippen LogP contribution in [0, 0.1) is 5.92 Å². The molecule has 0 spiro atoms. The topological polar surface area (TPSA) is 34.1 Å². The lowest BCUT2D eigenvalue weighted by Gasteiger charge is -2.38. The summed E-state index contributed by atoms with van der Waals surface area (Å²) in [4.78, 5) is 12.5. The van der Waals surface area contributed by atoms with Gasteiger partial charge < -0.3 is 20.0 Å². The van der Waals surface area contributed by atoms with E-state index in [2.05, 4.69) is 39.1 Å². The zero-order valence-electron chi connectivity index (χ0n) is 16.4. The smallest absolute Gasteiger partial charge is 0.194 e. The number of rotatable bonds is 5. The normalized spacial score (nSPS) is 24.5. The number of guanidine groups is 1. The Balaban J connectivity index is 1.32. The second kappa shape index (κ2) is 8.70. The van der Waals surface area contributed by atoms with E-state index in [1.165, 1.54) is 32.4 Å². The summed E-state index contributed by atoms with van der Waals surface area (Å²) in [5.41, 5.74) is 1.15. The Morgan fingerprint density at radius 3 is 2.59 bits per heavy atom. The fraction of sp³-hybridized carbons (Fsp3) is 0.667. The van der Waals surface area contributed by atoms with E-state index >= 15 is 0 Å². The van der Waals surface area contributed by atoms with E-state index in [1.807, 2.05) is 12.1 Å². The van der Waals surface area contributed by atoms with Gasteiger partial charge in [-0.3, -0.25) is 4.99 Å². The Bertz CT molecular complexity index is 652. The van der Waals surface area contributed by atoms with E-state index in [0.29, 0.717) is 0 Å². The monoisotopic (exact) mass is 389 g/mol. The number of halogens is 1. The highest BCUT2D eigenvalue weighted by Crippen LogP contribution is 2.31. The average Bonchev–Trinajstić information content (AvgIpc) is 3.44. The molecule has 1 saturated carbocycles. The molecule has 3 aliphatic rings. The zero-order chi connectivity index (χ0) is 18.6. The number of hydrogen-bond donors (Lipinski definition) is 1. The van der Waals surface area contributed by atoms with Crippen molar-refractivity contribution in [2.75, 3.05) is 57.3 Å². The third kappa shape index (κ3) is 4.69. The van der Waals surface area contributed by atoms with Crippen LogP contribution in [0.2, 0.25) is 5.02 Å². The van der Waals surface area contributed by atoms with Crippen LogP contribution in [-0.4, -0.2) is 74.2 Å². The molecule has 2 heterocycles. The van der Waals surface area contributed by atoms with Crippen LogP contribution in [-0.2, 0) is 0 Å². The summed E-state index contributed by atoms with van der Waals surface area (Å²) in [6, 6.07) is 9.03. The van der Waals surface area contributed by atoms with Crippen LogP contribution in [0.4, 0.5) is 5.69 Å². The number of nitrogens with zero attached hydrogens (tertiary/aromatic N) is 4. The molecule has 0 bridgehead atoms. The summed E-state index contributed by atoms with van der Waals surface area (Å²) in [5, 5.41) is 4.35. The molecule has 27 heavy (non-hydrogen) atoms. The average molecular weight is 390 g/mol. The van der Waals surface area contributed by atoms with Crippen LogP contribution in [0.25, 0.3) is 0 Å². The highest BCUT2D eigenvalue weighted by molar-refractivity contribution is 6.33. The van der Waals surface area contributed by atoms with Gasteiger partial charge in [-0.25, -0.2) is 0 Å². The van der Waals surface area contributed by atoms with Gasteiger partial charge in [0.25, 0.3) is 0 Å². The molecule has 1 aliphatic carbocycles. The lowest BCUT2D eigenvalue weighted by molar-refractivity contribution is 0.315. The summed E-state index contributed by atoms with van der Waals surface area (Å²) in [6.07, 6.45) is 4.13. The van der Waals surface area contributed by atoms with Gasteiger partial charge in [0, 0.05) is 51.9 Å². The number of anilines is 1. The molecule has 1 N–H and O–H groups in total. The minimum atomic E-state index is 0.726. The van der Waals surface area contributed by atoms with Gasteiger partial charge in [0.1, 0.15) is 0 Å². The largest absolute Gasteiger partial charge is 0.367 e. The highest BCUT2D eigenvalue weighted by Gasteiger charge is 2.34. The van der Waals surface area contributed by atoms with Crippen LogP contribution >= 0.6 is 11.6 Å². The van der Waals surface area contributed by atoms with E-state index in [1.54, 1.807) is 0 Å². The quantitative estimate of drug-likeness (QED) is 0.620. The molecule has 148 valence electrons. The maximum absolute atomic E-state index is 6.37. The molecule has 0 amide bonds. The lowest BCUT2D eigenvalue weighted by atomic mass is 10.1. The predicted octanol–water partition coefficient (Wildman–Crippen LogP) is 2.91. The van der Waals surface area contributed by atoms with Crippen molar-refractivity contribution in [3.05, 3.63) is 29.3 Å². The molecule has 2 saturated heterocycles. The van der Waals surface area contributed by atoms with Gasteiger partial charge in [-0.2, -0.15) is 0 Å². The second-order valence-electron chi connectivity index (χ2n) is 8.00. The van der Waals surface area contributed by atoms with Gasteiger partial charge in [0.2, 0.25) is 0 Å². The Labute approximate surface area is 168 Å². The Kier molecular flexibility index (Phi) is 6.08. The van der Waals surface area contributed by atoms with Crippen molar-refractivity contribution in [1.29, 1.82) is 0 Å². The molecule has 1 aromatic carbocycles. The van der Waals surface area contributed by atoms with Gasteiger partial charge in [0.05, 0.1) is 10.7 Å². The molecule has 0 radical (unpaired) electrons. The zero-order valence-corrected chi connectivity index (χ0v) is 17.2. The highest BCUT2D eigenvalue weighted by atomic mass is 35.5. The Morgan fingerprint density at radius 1 is 1.11 bits per heavy atom. The van der Waals surface area contributed by atoms with Crippen molar-refractivity contribution < 1.29 is 0 Å². The van der Waals surface area contributed by atoms with Gasteiger partial charge in [-0.05, 0) is 50.8 Å². The fourth-order valence-corrected chi connectivity index (χ4v) is 4.55. The van der Waals surface area contributed by atoms with E-state index in [9.17, 15) is 0 Å². The van der Waals surface area contributed by atoms with Crippen LogP contribution in [0.3, 0.4) is 0 Å². The second-order valence-corrected chi connectivity index (χ2v) is 8.41. The molecule has 4 rings (SSSR count). The number of piperazine rings is 1. The molecule has 3 fully saturated rings. The van der Waals surface area contributed by atoms with Crippen molar-refractivity contribution in [3.63, 3.8) is 0 Å². The molecule has 0 aromatic heterocycles. The summed E-state index contributed by atoms with van der Waals surface area (Å²) < 4.78 is 0. The molecule has 2 aliphatic heterocycles. The predicted molar refractivity (Wildman–Crippen MR) is 114 cm³/mol. The lowest BCUT2D eigenvalue weighted by Crippen LogP contribution is -2.52. The van der Waals surface area contributed by atoms with Crippen molar-refractivity contribution in [2.24, 2.45) is 10.9 Å². The molecule has 6 heteroatoms. The minimum absolute atomic E-state index is 0.726. The van der Waals surface area contributed by atoms with Crippen molar-refractivity contribution in [3.8, 4) is 0 Å². The van der Waals surface area contributed by atoms with E-state index in [4.69, 9.17) is 16.6 Å².